The maximum atomic E-state index is 2.21. The molecule has 0 heterocycles. The molecule has 0 saturated carbocycles. The molecular formula is C20H28. The van der Waals surface area contributed by atoms with Crippen molar-refractivity contribution >= 4 is 0 Å². The molecule has 2 aromatic rings. The minimum absolute atomic E-state index is 1.03. The lowest BCUT2D eigenvalue weighted by molar-refractivity contribution is 0.772. The topological polar surface area (TPSA) is 0 Å². The van der Waals surface area contributed by atoms with Crippen LogP contribution in [-0.2, 0) is 6.42 Å². The summed E-state index contributed by atoms with van der Waals surface area (Å²) in [7, 11) is 0. The molecule has 0 aromatic heterocycles. The van der Waals surface area contributed by atoms with Crippen LogP contribution in [0.1, 0.15) is 55.4 Å². The van der Waals surface area contributed by atoms with Crippen molar-refractivity contribution in [2.75, 3.05) is 0 Å². The second kappa shape index (κ2) is 9.36. The van der Waals surface area contributed by atoms with Gasteiger partial charge < -0.3 is 0 Å². The van der Waals surface area contributed by atoms with Gasteiger partial charge in [-0.2, -0.15) is 0 Å². The average molecular weight is 268 g/mol. The lowest BCUT2D eigenvalue weighted by Gasteiger charge is -2.03. The Balaban J connectivity index is 0.000000347. The fourth-order valence-corrected chi connectivity index (χ4v) is 2.00. The van der Waals surface area contributed by atoms with E-state index in [1.807, 2.05) is 0 Å². The third-order valence-electron chi connectivity index (χ3n) is 3.36. The largest absolute Gasteiger partial charge is 0.0654 e. The summed E-state index contributed by atoms with van der Waals surface area (Å²) in [4.78, 5) is 0. The highest BCUT2D eigenvalue weighted by Crippen LogP contribution is 2.11. The normalized spacial score (nSPS) is 9.80. The summed E-state index contributed by atoms with van der Waals surface area (Å²) in [5.41, 5.74) is 5.40. The van der Waals surface area contributed by atoms with E-state index in [1.165, 1.54) is 41.5 Å². The molecule has 0 spiro atoms. The smallest absolute Gasteiger partial charge is 0.00258 e. The zero-order valence-electron chi connectivity index (χ0n) is 13.4. The second-order valence-electron chi connectivity index (χ2n) is 5.50. The van der Waals surface area contributed by atoms with Gasteiger partial charge in [0.25, 0.3) is 0 Å². The Labute approximate surface area is 124 Å². The van der Waals surface area contributed by atoms with E-state index in [0.717, 1.165) is 6.42 Å². The molecule has 0 bridgehead atoms. The van der Waals surface area contributed by atoms with Crippen molar-refractivity contribution in [3.63, 3.8) is 0 Å². The Morgan fingerprint density at radius 3 is 1.20 bits per heavy atom. The SMILES string of the molecule is CCCCC.Cc1ccc(Cc2ccc(C)cc2)cc1. The lowest BCUT2D eigenvalue weighted by Crippen LogP contribution is -1.88. The van der Waals surface area contributed by atoms with Gasteiger partial charge >= 0.3 is 0 Å². The quantitative estimate of drug-likeness (QED) is 0.629. The van der Waals surface area contributed by atoms with Crippen LogP contribution in [0, 0.1) is 13.8 Å². The van der Waals surface area contributed by atoms with E-state index in [9.17, 15) is 0 Å². The van der Waals surface area contributed by atoms with Gasteiger partial charge in [0, 0.05) is 0 Å². The fraction of sp³-hybridized carbons (Fsp3) is 0.400. The van der Waals surface area contributed by atoms with E-state index in [2.05, 4.69) is 76.2 Å². The van der Waals surface area contributed by atoms with Crippen molar-refractivity contribution in [2.24, 2.45) is 0 Å². The minimum atomic E-state index is 1.03. The van der Waals surface area contributed by atoms with Gasteiger partial charge in [0.1, 0.15) is 0 Å². The Morgan fingerprint density at radius 1 is 0.600 bits per heavy atom. The summed E-state index contributed by atoms with van der Waals surface area (Å²) in [5.74, 6) is 0. The molecule has 0 unspecified atom stereocenters. The van der Waals surface area contributed by atoms with Gasteiger partial charge in [-0.3, -0.25) is 0 Å². The first-order valence-corrected chi connectivity index (χ1v) is 7.76. The van der Waals surface area contributed by atoms with Crippen LogP contribution in [0.5, 0.6) is 0 Å². The van der Waals surface area contributed by atoms with Crippen LogP contribution in [0.25, 0.3) is 0 Å². The molecule has 0 fully saturated rings. The lowest BCUT2D eigenvalue weighted by atomic mass is 10.0. The molecule has 0 N–H and O–H groups in total. The van der Waals surface area contributed by atoms with Crippen LogP contribution in [0.15, 0.2) is 48.5 Å². The van der Waals surface area contributed by atoms with Crippen molar-refractivity contribution in [1.29, 1.82) is 0 Å². The van der Waals surface area contributed by atoms with Gasteiger partial charge in [-0.15, -0.1) is 0 Å². The van der Waals surface area contributed by atoms with Gasteiger partial charge in [-0.05, 0) is 31.4 Å². The zero-order valence-corrected chi connectivity index (χ0v) is 13.4. The summed E-state index contributed by atoms with van der Waals surface area (Å²) in [6.07, 6.45) is 5.10. The predicted molar refractivity (Wildman–Crippen MR) is 90.4 cm³/mol. The predicted octanol–water partition coefficient (Wildman–Crippen LogP) is 6.09. The second-order valence-corrected chi connectivity index (χ2v) is 5.50. The first-order chi connectivity index (χ1) is 9.65. The zero-order chi connectivity index (χ0) is 14.8. The first-order valence-electron chi connectivity index (χ1n) is 7.76. The van der Waals surface area contributed by atoms with Crippen molar-refractivity contribution in [1.82, 2.24) is 0 Å². The first kappa shape index (κ1) is 16.5. The number of benzene rings is 2. The van der Waals surface area contributed by atoms with Gasteiger partial charge in [0.2, 0.25) is 0 Å². The standard InChI is InChI=1S/C15H16.C5H12/c1-12-3-7-14(8-4-12)11-15-9-5-13(2)6-10-15;1-3-5-4-2/h3-10H,11H2,1-2H3;3-5H2,1-2H3. The number of unbranched alkanes of at least 4 members (excludes halogenated alkanes) is 2. The van der Waals surface area contributed by atoms with Crippen LogP contribution in [-0.4, -0.2) is 0 Å². The molecule has 108 valence electrons. The van der Waals surface area contributed by atoms with Crippen LogP contribution in [0.4, 0.5) is 0 Å². The molecule has 0 aliphatic heterocycles. The molecule has 0 nitrogen and oxygen atoms in total. The highest BCUT2D eigenvalue weighted by molar-refractivity contribution is 5.29. The van der Waals surface area contributed by atoms with Crippen LogP contribution in [0.2, 0.25) is 0 Å². The van der Waals surface area contributed by atoms with E-state index >= 15 is 0 Å². The summed E-state index contributed by atoms with van der Waals surface area (Å²) < 4.78 is 0. The van der Waals surface area contributed by atoms with Crippen molar-refractivity contribution in [2.45, 2.75) is 53.4 Å². The van der Waals surface area contributed by atoms with Gasteiger partial charge in [-0.25, -0.2) is 0 Å². The third-order valence-corrected chi connectivity index (χ3v) is 3.36. The molecule has 0 heteroatoms. The summed E-state index contributed by atoms with van der Waals surface area (Å²) in [6, 6.07) is 17.5. The molecule has 0 atom stereocenters. The third kappa shape index (κ3) is 6.56. The summed E-state index contributed by atoms with van der Waals surface area (Å²) in [6.45, 7) is 8.66. The van der Waals surface area contributed by atoms with Crippen LogP contribution in [0.3, 0.4) is 0 Å². The highest BCUT2D eigenvalue weighted by atomic mass is 14.0. The molecule has 0 aliphatic carbocycles. The maximum absolute atomic E-state index is 2.21. The van der Waals surface area contributed by atoms with Gasteiger partial charge in [-0.1, -0.05) is 92.8 Å². The van der Waals surface area contributed by atoms with E-state index in [0.29, 0.717) is 0 Å². The highest BCUT2D eigenvalue weighted by Gasteiger charge is 1.95. The molecule has 0 radical (unpaired) electrons. The number of rotatable bonds is 4. The molecular weight excluding hydrogens is 240 g/mol. The van der Waals surface area contributed by atoms with E-state index in [-0.39, 0.29) is 0 Å². The maximum Gasteiger partial charge on any atom is -0.00258 e. The average Bonchev–Trinajstić information content (AvgIpc) is 2.45. The number of hydrogen-bond donors (Lipinski definition) is 0. The van der Waals surface area contributed by atoms with Crippen molar-refractivity contribution < 1.29 is 0 Å². The van der Waals surface area contributed by atoms with Crippen LogP contribution < -0.4 is 0 Å². The molecule has 0 saturated heterocycles. The van der Waals surface area contributed by atoms with E-state index in [1.54, 1.807) is 0 Å². The van der Waals surface area contributed by atoms with Crippen molar-refractivity contribution in [3.8, 4) is 0 Å². The van der Waals surface area contributed by atoms with E-state index < -0.39 is 0 Å². The fourth-order valence-electron chi connectivity index (χ4n) is 2.00. The Hall–Kier alpha value is -1.56. The molecule has 0 aliphatic rings. The van der Waals surface area contributed by atoms with Gasteiger partial charge in [0.05, 0.1) is 0 Å². The molecule has 2 rings (SSSR count). The Kier molecular flexibility index (Phi) is 7.72. The van der Waals surface area contributed by atoms with Crippen LogP contribution >= 0.6 is 0 Å². The number of aryl methyl sites for hydroxylation is 2. The minimum Gasteiger partial charge on any atom is -0.0654 e. The summed E-state index contributed by atoms with van der Waals surface area (Å²) >= 11 is 0. The molecule has 20 heavy (non-hydrogen) atoms. The van der Waals surface area contributed by atoms with E-state index in [4.69, 9.17) is 0 Å². The molecule has 0 amide bonds. The number of hydrogen-bond acceptors (Lipinski definition) is 0. The Morgan fingerprint density at radius 2 is 0.950 bits per heavy atom. The molecule has 2 aromatic carbocycles. The van der Waals surface area contributed by atoms with Crippen molar-refractivity contribution in [3.05, 3.63) is 70.8 Å². The summed E-state index contributed by atoms with van der Waals surface area (Å²) in [5, 5.41) is 0. The Bertz CT molecular complexity index is 417. The monoisotopic (exact) mass is 268 g/mol. The van der Waals surface area contributed by atoms with Gasteiger partial charge in [0.15, 0.2) is 0 Å².